The zero-order valence-electron chi connectivity index (χ0n) is 20.8. The minimum atomic E-state index is -0.641. The summed E-state index contributed by atoms with van der Waals surface area (Å²) in [6, 6.07) is 10.2. The van der Waals surface area contributed by atoms with Crippen molar-refractivity contribution in [2.24, 2.45) is 0 Å². The van der Waals surface area contributed by atoms with Gasteiger partial charge in [0, 0.05) is 12.2 Å². The highest BCUT2D eigenvalue weighted by Gasteiger charge is 2.17. The number of thioether (sulfide) groups is 1. The normalized spacial score (nSPS) is 10.6. The molecule has 1 amide bonds. The summed E-state index contributed by atoms with van der Waals surface area (Å²) in [5.41, 5.74) is 2.69. The maximum atomic E-state index is 12.6. The molecular formula is C25H28N4O6S. The van der Waals surface area contributed by atoms with Crippen LogP contribution < -0.4 is 10.1 Å². The molecule has 0 spiro atoms. The molecule has 0 aliphatic carbocycles. The Labute approximate surface area is 213 Å². The molecule has 0 aliphatic heterocycles. The number of aromatic nitrogens is 3. The molecule has 0 fully saturated rings. The minimum Gasteiger partial charge on any atom is -0.485 e. The number of amides is 1. The summed E-state index contributed by atoms with van der Waals surface area (Å²) < 4.78 is 17.3. The maximum absolute atomic E-state index is 12.6. The fourth-order valence-electron chi connectivity index (χ4n) is 3.45. The smallest absolute Gasteiger partial charge is 0.337 e. The van der Waals surface area contributed by atoms with Crippen molar-refractivity contribution >= 4 is 35.3 Å². The van der Waals surface area contributed by atoms with Gasteiger partial charge in [-0.2, -0.15) is 0 Å². The van der Waals surface area contributed by atoms with E-state index in [1.807, 2.05) is 37.5 Å². The van der Waals surface area contributed by atoms with Crippen LogP contribution in [0, 0.1) is 13.8 Å². The molecule has 190 valence electrons. The van der Waals surface area contributed by atoms with E-state index in [4.69, 9.17) is 14.2 Å². The van der Waals surface area contributed by atoms with Gasteiger partial charge in [0.15, 0.2) is 11.0 Å². The molecule has 0 aliphatic rings. The van der Waals surface area contributed by atoms with Crippen LogP contribution in [0.2, 0.25) is 0 Å². The molecule has 0 saturated carbocycles. The van der Waals surface area contributed by atoms with Gasteiger partial charge in [0.05, 0.1) is 31.1 Å². The average molecular weight is 513 g/mol. The number of anilines is 1. The summed E-state index contributed by atoms with van der Waals surface area (Å²) in [6.07, 6.45) is 0. The SMILES string of the molecule is CCn1c(COc2ccc(C)cc2C)nnc1SCC(=O)Nc1cc(C(=O)OC)cc(C(=O)OC)c1. The number of hydrogen-bond acceptors (Lipinski definition) is 9. The van der Waals surface area contributed by atoms with E-state index < -0.39 is 11.9 Å². The van der Waals surface area contributed by atoms with Crippen molar-refractivity contribution in [3.05, 3.63) is 64.5 Å². The summed E-state index contributed by atoms with van der Waals surface area (Å²) >= 11 is 1.22. The van der Waals surface area contributed by atoms with Gasteiger partial charge in [-0.1, -0.05) is 29.5 Å². The van der Waals surface area contributed by atoms with E-state index in [9.17, 15) is 14.4 Å². The van der Waals surface area contributed by atoms with Crippen LogP contribution in [0.4, 0.5) is 5.69 Å². The van der Waals surface area contributed by atoms with Gasteiger partial charge >= 0.3 is 11.9 Å². The van der Waals surface area contributed by atoms with Gasteiger partial charge in [0.25, 0.3) is 0 Å². The first kappa shape index (κ1) is 26.7. The molecule has 0 atom stereocenters. The molecule has 2 aromatic carbocycles. The number of benzene rings is 2. The zero-order chi connectivity index (χ0) is 26.2. The summed E-state index contributed by atoms with van der Waals surface area (Å²) in [5, 5.41) is 11.7. The van der Waals surface area contributed by atoms with E-state index in [-0.39, 0.29) is 35.1 Å². The second kappa shape index (κ2) is 12.2. The average Bonchev–Trinajstić information content (AvgIpc) is 3.27. The Kier molecular flexibility index (Phi) is 9.07. The largest absolute Gasteiger partial charge is 0.485 e. The second-order valence-corrected chi connectivity index (χ2v) is 8.76. The van der Waals surface area contributed by atoms with Gasteiger partial charge in [-0.3, -0.25) is 4.79 Å². The molecule has 3 aromatic rings. The lowest BCUT2D eigenvalue weighted by Crippen LogP contribution is -2.16. The molecule has 0 radical (unpaired) electrons. The molecule has 1 heterocycles. The number of esters is 2. The van der Waals surface area contributed by atoms with Gasteiger partial charge in [-0.05, 0) is 50.6 Å². The fraction of sp³-hybridized carbons (Fsp3) is 0.320. The maximum Gasteiger partial charge on any atom is 0.337 e. The van der Waals surface area contributed by atoms with Crippen LogP contribution in [-0.2, 0) is 27.4 Å². The summed E-state index contributed by atoms with van der Waals surface area (Å²) in [5.74, 6) is -0.174. The van der Waals surface area contributed by atoms with Crippen LogP contribution in [0.25, 0.3) is 0 Å². The van der Waals surface area contributed by atoms with Gasteiger partial charge in [-0.15, -0.1) is 10.2 Å². The van der Waals surface area contributed by atoms with Crippen LogP contribution in [0.3, 0.4) is 0 Å². The second-order valence-electron chi connectivity index (χ2n) is 7.82. The summed E-state index contributed by atoms with van der Waals surface area (Å²) in [7, 11) is 2.46. The minimum absolute atomic E-state index is 0.0338. The van der Waals surface area contributed by atoms with E-state index in [2.05, 4.69) is 21.6 Å². The lowest BCUT2D eigenvalue weighted by Gasteiger charge is -2.11. The van der Waals surface area contributed by atoms with E-state index in [0.29, 0.717) is 17.5 Å². The first-order valence-electron chi connectivity index (χ1n) is 11.1. The number of carbonyl (C=O) groups excluding carboxylic acids is 3. The molecule has 36 heavy (non-hydrogen) atoms. The predicted octanol–water partition coefficient (Wildman–Crippen LogP) is 3.80. The monoisotopic (exact) mass is 512 g/mol. The highest BCUT2D eigenvalue weighted by Crippen LogP contribution is 2.23. The van der Waals surface area contributed by atoms with Crippen molar-refractivity contribution < 1.29 is 28.6 Å². The molecule has 3 rings (SSSR count). The fourth-order valence-corrected chi connectivity index (χ4v) is 4.27. The van der Waals surface area contributed by atoms with Crippen LogP contribution in [0.1, 0.15) is 44.6 Å². The van der Waals surface area contributed by atoms with Gasteiger partial charge in [0.2, 0.25) is 5.91 Å². The van der Waals surface area contributed by atoms with Crippen molar-refractivity contribution in [1.29, 1.82) is 0 Å². The Morgan fingerprint density at radius 1 is 0.972 bits per heavy atom. The number of hydrogen-bond donors (Lipinski definition) is 1. The number of methoxy groups -OCH3 is 2. The third-order valence-corrected chi connectivity index (χ3v) is 6.15. The highest BCUT2D eigenvalue weighted by molar-refractivity contribution is 7.99. The Balaban J connectivity index is 1.66. The van der Waals surface area contributed by atoms with E-state index >= 15 is 0 Å². The predicted molar refractivity (Wildman–Crippen MR) is 134 cm³/mol. The first-order valence-corrected chi connectivity index (χ1v) is 12.1. The lowest BCUT2D eigenvalue weighted by molar-refractivity contribution is -0.113. The number of nitrogens with zero attached hydrogens (tertiary/aromatic N) is 3. The van der Waals surface area contributed by atoms with Crippen molar-refractivity contribution in [3.8, 4) is 5.75 Å². The topological polar surface area (TPSA) is 122 Å². The standard InChI is InChI=1S/C25H28N4O6S/c1-6-29-21(13-35-20-8-7-15(2)9-16(20)3)27-28-25(29)36-14-22(30)26-19-11-17(23(31)33-4)10-18(12-19)24(32)34-5/h7-12H,6,13-14H2,1-5H3,(H,26,30). The Bertz CT molecular complexity index is 1240. The zero-order valence-corrected chi connectivity index (χ0v) is 21.6. The Hall–Kier alpha value is -3.86. The van der Waals surface area contributed by atoms with E-state index in [0.717, 1.165) is 16.9 Å². The number of carbonyl (C=O) groups is 3. The van der Waals surface area contributed by atoms with Crippen molar-refractivity contribution in [2.75, 3.05) is 25.3 Å². The van der Waals surface area contributed by atoms with Gasteiger partial charge < -0.3 is 24.1 Å². The van der Waals surface area contributed by atoms with Crippen molar-refractivity contribution in [1.82, 2.24) is 14.8 Å². The van der Waals surface area contributed by atoms with E-state index in [1.165, 1.54) is 44.2 Å². The Morgan fingerprint density at radius 3 is 2.22 bits per heavy atom. The molecule has 1 N–H and O–H groups in total. The van der Waals surface area contributed by atoms with Gasteiger partial charge in [0.1, 0.15) is 12.4 Å². The molecule has 1 aromatic heterocycles. The van der Waals surface area contributed by atoms with Gasteiger partial charge in [-0.25, -0.2) is 9.59 Å². The lowest BCUT2D eigenvalue weighted by atomic mass is 10.1. The molecule has 0 saturated heterocycles. The number of aryl methyl sites for hydroxylation is 2. The summed E-state index contributed by atoms with van der Waals surface area (Å²) in [4.78, 5) is 36.5. The van der Waals surface area contributed by atoms with Crippen LogP contribution >= 0.6 is 11.8 Å². The van der Waals surface area contributed by atoms with Crippen LogP contribution in [0.5, 0.6) is 5.75 Å². The van der Waals surface area contributed by atoms with Crippen molar-refractivity contribution in [3.63, 3.8) is 0 Å². The number of rotatable bonds is 10. The molecular weight excluding hydrogens is 484 g/mol. The van der Waals surface area contributed by atoms with E-state index in [1.54, 1.807) is 0 Å². The quantitative estimate of drug-likeness (QED) is 0.319. The van der Waals surface area contributed by atoms with Crippen LogP contribution in [-0.4, -0.2) is 52.6 Å². The summed E-state index contributed by atoms with van der Waals surface area (Å²) in [6.45, 7) is 6.82. The number of nitrogens with one attached hydrogen (secondary N) is 1. The third-order valence-electron chi connectivity index (χ3n) is 5.19. The Morgan fingerprint density at radius 2 is 1.64 bits per heavy atom. The third kappa shape index (κ3) is 6.63. The molecule has 0 unspecified atom stereocenters. The van der Waals surface area contributed by atoms with Crippen LogP contribution in [0.15, 0.2) is 41.6 Å². The molecule has 10 nitrogen and oxygen atoms in total. The highest BCUT2D eigenvalue weighted by atomic mass is 32.2. The van der Waals surface area contributed by atoms with Crippen molar-refractivity contribution in [2.45, 2.75) is 39.1 Å². The number of ether oxygens (including phenoxy) is 3. The molecule has 11 heteroatoms. The molecule has 0 bridgehead atoms. The first-order chi connectivity index (χ1) is 17.2.